The summed E-state index contributed by atoms with van der Waals surface area (Å²) >= 11 is 0. The maximum absolute atomic E-state index is 13.2. The molecule has 0 saturated carbocycles. The Balaban J connectivity index is 3.18. The molecular weight excluding hydrogens is 259 g/mol. The fourth-order valence-electron chi connectivity index (χ4n) is 1.42. The second kappa shape index (κ2) is 5.64. The van der Waals surface area contributed by atoms with Crippen molar-refractivity contribution < 1.29 is 17.6 Å². The minimum absolute atomic E-state index is 0.0502. The highest BCUT2D eigenvalue weighted by Crippen LogP contribution is 2.20. The summed E-state index contributed by atoms with van der Waals surface area (Å²) in [6.07, 6.45) is 0. The van der Waals surface area contributed by atoms with Gasteiger partial charge in [0.05, 0.1) is 12.0 Å². The van der Waals surface area contributed by atoms with Crippen molar-refractivity contribution in [3.05, 3.63) is 24.0 Å². The standard InChI is InChI=1S/C11H17FN2O3S/c1-8(2)7-14(17-3)18(15,16)11-5-9(12)4-10(13)6-11/h4-6,8H,7,13H2,1-3H3. The Bertz CT molecular complexity index is 497. The number of halogens is 1. The van der Waals surface area contributed by atoms with Crippen LogP contribution in [0.2, 0.25) is 0 Å². The Morgan fingerprint density at radius 1 is 1.39 bits per heavy atom. The van der Waals surface area contributed by atoms with Crippen molar-refractivity contribution in [1.29, 1.82) is 0 Å². The number of nitrogens with zero attached hydrogens (tertiary/aromatic N) is 1. The average molecular weight is 276 g/mol. The lowest BCUT2D eigenvalue weighted by Gasteiger charge is -2.21. The average Bonchev–Trinajstić information content (AvgIpc) is 2.24. The molecular formula is C11H17FN2O3S. The van der Waals surface area contributed by atoms with Crippen molar-refractivity contribution in [1.82, 2.24) is 4.47 Å². The summed E-state index contributed by atoms with van der Waals surface area (Å²) in [5.74, 6) is -0.625. The lowest BCUT2D eigenvalue weighted by molar-refractivity contribution is -0.0558. The summed E-state index contributed by atoms with van der Waals surface area (Å²) in [5, 5.41) is 0. The quantitative estimate of drug-likeness (QED) is 0.655. The molecule has 0 atom stereocenters. The number of hydroxylamine groups is 1. The van der Waals surface area contributed by atoms with Crippen molar-refractivity contribution >= 4 is 15.7 Å². The number of benzene rings is 1. The van der Waals surface area contributed by atoms with Gasteiger partial charge in [0.1, 0.15) is 5.82 Å². The zero-order chi connectivity index (χ0) is 13.9. The van der Waals surface area contributed by atoms with Gasteiger partial charge in [0.15, 0.2) is 0 Å². The summed E-state index contributed by atoms with van der Waals surface area (Å²) in [4.78, 5) is 4.62. The number of nitrogens with two attached hydrogens (primary N) is 1. The maximum Gasteiger partial charge on any atom is 0.265 e. The molecule has 0 unspecified atom stereocenters. The molecule has 0 heterocycles. The van der Waals surface area contributed by atoms with Crippen LogP contribution in [0.1, 0.15) is 13.8 Å². The van der Waals surface area contributed by atoms with Gasteiger partial charge in [-0.2, -0.15) is 0 Å². The topological polar surface area (TPSA) is 72.6 Å². The highest BCUT2D eigenvalue weighted by molar-refractivity contribution is 7.89. The molecule has 1 aromatic carbocycles. The summed E-state index contributed by atoms with van der Waals surface area (Å²) in [7, 11) is -2.65. The lowest BCUT2D eigenvalue weighted by Crippen LogP contribution is -2.33. The maximum atomic E-state index is 13.2. The first-order chi connectivity index (χ1) is 8.27. The van der Waals surface area contributed by atoms with Crippen LogP contribution in [0.15, 0.2) is 23.1 Å². The number of sulfonamides is 1. The Morgan fingerprint density at radius 2 is 2.00 bits per heavy atom. The molecule has 0 aliphatic heterocycles. The van der Waals surface area contributed by atoms with Gasteiger partial charge in [-0.05, 0) is 24.1 Å². The van der Waals surface area contributed by atoms with E-state index in [4.69, 9.17) is 10.6 Å². The third-order valence-corrected chi connectivity index (χ3v) is 3.84. The van der Waals surface area contributed by atoms with E-state index in [0.29, 0.717) is 0 Å². The van der Waals surface area contributed by atoms with Gasteiger partial charge in [-0.3, -0.25) is 4.84 Å². The molecule has 0 fully saturated rings. The minimum Gasteiger partial charge on any atom is -0.399 e. The van der Waals surface area contributed by atoms with Crippen molar-refractivity contribution in [3.8, 4) is 0 Å². The monoisotopic (exact) mass is 276 g/mol. The van der Waals surface area contributed by atoms with Crippen LogP contribution in [0, 0.1) is 11.7 Å². The molecule has 7 heteroatoms. The molecule has 5 nitrogen and oxygen atoms in total. The van der Waals surface area contributed by atoms with Gasteiger partial charge in [0, 0.05) is 12.2 Å². The Kier molecular flexibility index (Phi) is 4.66. The molecule has 2 N–H and O–H groups in total. The van der Waals surface area contributed by atoms with E-state index in [1.54, 1.807) is 0 Å². The van der Waals surface area contributed by atoms with E-state index in [1.165, 1.54) is 13.2 Å². The van der Waals surface area contributed by atoms with Gasteiger partial charge < -0.3 is 5.73 Å². The third kappa shape index (κ3) is 3.41. The molecule has 0 saturated heterocycles. The summed E-state index contributed by atoms with van der Waals surface area (Å²) < 4.78 is 38.4. The Morgan fingerprint density at radius 3 is 2.44 bits per heavy atom. The van der Waals surface area contributed by atoms with Gasteiger partial charge in [-0.1, -0.05) is 18.3 Å². The normalized spacial score (nSPS) is 12.3. The second-order valence-corrected chi connectivity index (χ2v) is 6.12. The predicted octanol–water partition coefficient (Wildman–Crippen LogP) is 1.62. The van der Waals surface area contributed by atoms with Gasteiger partial charge in [0.2, 0.25) is 0 Å². The molecule has 0 aromatic heterocycles. The number of hydrogen-bond acceptors (Lipinski definition) is 4. The molecule has 0 bridgehead atoms. The lowest BCUT2D eigenvalue weighted by atomic mass is 10.2. The number of hydrogen-bond donors (Lipinski definition) is 1. The van der Waals surface area contributed by atoms with Gasteiger partial charge in [0.25, 0.3) is 10.0 Å². The van der Waals surface area contributed by atoms with Crippen LogP contribution < -0.4 is 5.73 Å². The molecule has 1 aromatic rings. The number of nitrogen functional groups attached to an aromatic ring is 1. The van der Waals surface area contributed by atoms with Crippen molar-refractivity contribution in [2.45, 2.75) is 18.7 Å². The molecule has 18 heavy (non-hydrogen) atoms. The Hall–Kier alpha value is -1.18. The first-order valence-corrected chi connectivity index (χ1v) is 6.84. The minimum atomic E-state index is -3.90. The molecule has 102 valence electrons. The Labute approximate surface area is 106 Å². The first-order valence-electron chi connectivity index (χ1n) is 5.40. The van der Waals surface area contributed by atoms with E-state index < -0.39 is 15.8 Å². The second-order valence-electron chi connectivity index (χ2n) is 4.29. The first kappa shape index (κ1) is 14.9. The number of anilines is 1. The van der Waals surface area contributed by atoms with Crippen molar-refractivity contribution in [3.63, 3.8) is 0 Å². The molecule has 1 rings (SSSR count). The van der Waals surface area contributed by atoms with Crippen LogP contribution in [-0.2, 0) is 14.9 Å². The zero-order valence-corrected chi connectivity index (χ0v) is 11.4. The SMILES string of the molecule is CON(CC(C)C)S(=O)(=O)c1cc(N)cc(F)c1. The summed E-state index contributed by atoms with van der Waals surface area (Å²) in [6, 6.07) is 3.17. The predicted molar refractivity (Wildman–Crippen MR) is 66.6 cm³/mol. The van der Waals surface area contributed by atoms with Gasteiger partial charge in [-0.15, -0.1) is 0 Å². The van der Waals surface area contributed by atoms with E-state index in [0.717, 1.165) is 16.6 Å². The van der Waals surface area contributed by atoms with Crippen molar-refractivity contribution in [2.24, 2.45) is 5.92 Å². The zero-order valence-electron chi connectivity index (χ0n) is 10.6. The van der Waals surface area contributed by atoms with Crippen LogP contribution in [-0.4, -0.2) is 26.5 Å². The van der Waals surface area contributed by atoms with E-state index >= 15 is 0 Å². The highest BCUT2D eigenvalue weighted by Gasteiger charge is 2.26. The van der Waals surface area contributed by atoms with E-state index in [2.05, 4.69) is 0 Å². The number of rotatable bonds is 5. The van der Waals surface area contributed by atoms with Crippen molar-refractivity contribution in [2.75, 3.05) is 19.4 Å². The molecule has 0 radical (unpaired) electrons. The van der Waals surface area contributed by atoms with Crippen LogP contribution in [0.4, 0.5) is 10.1 Å². The molecule has 0 aliphatic carbocycles. The van der Waals surface area contributed by atoms with E-state index in [1.807, 2.05) is 13.8 Å². The fourth-order valence-corrected chi connectivity index (χ4v) is 2.89. The smallest absolute Gasteiger partial charge is 0.265 e. The van der Waals surface area contributed by atoms with Crippen LogP contribution in [0.25, 0.3) is 0 Å². The molecule has 0 spiro atoms. The van der Waals surface area contributed by atoms with Crippen LogP contribution >= 0.6 is 0 Å². The molecule has 0 aliphatic rings. The van der Waals surface area contributed by atoms with E-state index in [9.17, 15) is 12.8 Å². The fraction of sp³-hybridized carbons (Fsp3) is 0.455. The highest BCUT2D eigenvalue weighted by atomic mass is 32.2. The summed E-state index contributed by atoms with van der Waals surface area (Å²) in [6.45, 7) is 3.87. The third-order valence-electron chi connectivity index (χ3n) is 2.18. The molecule has 0 amide bonds. The van der Waals surface area contributed by atoms with E-state index in [-0.39, 0.29) is 23.0 Å². The van der Waals surface area contributed by atoms with Crippen LogP contribution in [0.3, 0.4) is 0 Å². The van der Waals surface area contributed by atoms with Gasteiger partial charge >= 0.3 is 0 Å². The summed E-state index contributed by atoms with van der Waals surface area (Å²) in [5.41, 5.74) is 5.49. The van der Waals surface area contributed by atoms with Gasteiger partial charge in [-0.25, -0.2) is 12.8 Å². The largest absolute Gasteiger partial charge is 0.399 e. The van der Waals surface area contributed by atoms with Crippen LogP contribution in [0.5, 0.6) is 0 Å².